The summed E-state index contributed by atoms with van der Waals surface area (Å²) in [6, 6.07) is 4.44. The van der Waals surface area contributed by atoms with Crippen LogP contribution >= 0.6 is 23.1 Å². The lowest BCUT2D eigenvalue weighted by Crippen LogP contribution is -2.57. The van der Waals surface area contributed by atoms with Crippen LogP contribution in [0.3, 0.4) is 0 Å². The number of piperidine rings is 3. The van der Waals surface area contributed by atoms with Gasteiger partial charge in [-0.15, -0.1) is 11.3 Å². The smallest absolute Gasteiger partial charge is 0.244 e. The summed E-state index contributed by atoms with van der Waals surface area (Å²) in [5, 5.41) is 7.08. The van der Waals surface area contributed by atoms with Crippen LogP contribution in [0.4, 0.5) is 0 Å². The normalized spacial score (nSPS) is 29.8. The third kappa shape index (κ3) is 3.41. The van der Waals surface area contributed by atoms with Crippen molar-refractivity contribution in [2.24, 2.45) is 5.92 Å². The highest BCUT2D eigenvalue weighted by atomic mass is 32.2. The predicted molar refractivity (Wildman–Crippen MR) is 80.4 cm³/mol. The first kappa shape index (κ1) is 13.2. The quantitative estimate of drug-likeness (QED) is 0.684. The summed E-state index contributed by atoms with van der Waals surface area (Å²) in [7, 11) is 0. The van der Waals surface area contributed by atoms with Crippen molar-refractivity contribution < 1.29 is 4.79 Å². The number of carbonyl (C=O) groups excluding carboxylic acids is 1. The van der Waals surface area contributed by atoms with Crippen LogP contribution in [0.2, 0.25) is 0 Å². The van der Waals surface area contributed by atoms with Gasteiger partial charge >= 0.3 is 0 Å². The van der Waals surface area contributed by atoms with Crippen molar-refractivity contribution in [3.8, 4) is 0 Å². The molecular weight excluding hydrogens is 276 g/mol. The first-order valence-electron chi connectivity index (χ1n) is 6.71. The zero-order valence-electron chi connectivity index (χ0n) is 10.7. The number of thioether (sulfide) groups is 1. The summed E-state index contributed by atoms with van der Waals surface area (Å²) in [6.45, 7) is 3.45. The highest BCUT2D eigenvalue weighted by Gasteiger charge is 2.34. The van der Waals surface area contributed by atoms with E-state index in [1.54, 1.807) is 29.2 Å². The number of amides is 1. The SMILES string of the molecule is O=C(/C=C/Sc1cccs1)N[C@H]1CN2CCC1CC2. The van der Waals surface area contributed by atoms with Crippen molar-refractivity contribution in [1.29, 1.82) is 0 Å². The van der Waals surface area contributed by atoms with Crippen LogP contribution in [-0.4, -0.2) is 36.5 Å². The molecule has 3 nitrogen and oxygen atoms in total. The number of hydrogen-bond donors (Lipinski definition) is 1. The average Bonchev–Trinajstić information content (AvgIpc) is 2.93. The lowest BCUT2D eigenvalue weighted by Gasteiger charge is -2.44. The van der Waals surface area contributed by atoms with Gasteiger partial charge in [0.15, 0.2) is 0 Å². The van der Waals surface area contributed by atoms with Crippen molar-refractivity contribution in [2.45, 2.75) is 23.1 Å². The highest BCUT2D eigenvalue weighted by molar-refractivity contribution is 8.03. The van der Waals surface area contributed by atoms with Crippen molar-refractivity contribution in [3.63, 3.8) is 0 Å². The maximum Gasteiger partial charge on any atom is 0.244 e. The minimum Gasteiger partial charge on any atom is -0.348 e. The third-order valence-corrected chi connectivity index (χ3v) is 5.76. The van der Waals surface area contributed by atoms with Crippen LogP contribution in [-0.2, 0) is 4.79 Å². The summed E-state index contributed by atoms with van der Waals surface area (Å²) < 4.78 is 1.21. The monoisotopic (exact) mass is 294 g/mol. The molecule has 102 valence electrons. The van der Waals surface area contributed by atoms with Crippen LogP contribution < -0.4 is 5.32 Å². The summed E-state index contributed by atoms with van der Waals surface area (Å²) in [5.41, 5.74) is 0. The number of nitrogens with zero attached hydrogens (tertiary/aromatic N) is 1. The molecule has 0 radical (unpaired) electrons. The summed E-state index contributed by atoms with van der Waals surface area (Å²) in [4.78, 5) is 14.3. The second kappa shape index (κ2) is 6.11. The molecule has 1 N–H and O–H groups in total. The van der Waals surface area contributed by atoms with E-state index in [-0.39, 0.29) is 5.91 Å². The highest BCUT2D eigenvalue weighted by Crippen LogP contribution is 2.27. The Kier molecular flexibility index (Phi) is 4.25. The van der Waals surface area contributed by atoms with E-state index < -0.39 is 0 Å². The Bertz CT molecular complexity index is 450. The minimum atomic E-state index is 0.0443. The Morgan fingerprint density at radius 2 is 2.32 bits per heavy atom. The van der Waals surface area contributed by atoms with Gasteiger partial charge < -0.3 is 10.2 Å². The standard InChI is InChI=1S/C14H18N2OS2/c17-13(5-9-19-14-2-1-8-18-14)15-12-10-16-6-3-11(12)4-7-16/h1-2,5,8-9,11-12H,3-4,6-7,10H2,(H,15,17)/b9-5+/t12-/m0/s1. The van der Waals surface area contributed by atoms with Crippen LogP contribution in [0.1, 0.15) is 12.8 Å². The maximum absolute atomic E-state index is 11.9. The molecular formula is C14H18N2OS2. The van der Waals surface area contributed by atoms with Gasteiger partial charge in [0.05, 0.1) is 4.21 Å². The number of nitrogens with one attached hydrogen (secondary N) is 1. The molecule has 0 aliphatic carbocycles. The first-order chi connectivity index (χ1) is 9.31. The average molecular weight is 294 g/mol. The van der Waals surface area contributed by atoms with Crippen molar-refractivity contribution in [3.05, 3.63) is 29.0 Å². The second-order valence-corrected chi connectivity index (χ2v) is 7.26. The second-order valence-electron chi connectivity index (χ2n) is 5.11. The molecule has 0 unspecified atom stereocenters. The largest absolute Gasteiger partial charge is 0.348 e. The minimum absolute atomic E-state index is 0.0443. The van der Waals surface area contributed by atoms with Crippen LogP contribution in [0.25, 0.3) is 0 Å². The number of rotatable bonds is 4. The number of thiophene rings is 1. The Hall–Kier alpha value is -0.780. The van der Waals surface area contributed by atoms with Crippen molar-refractivity contribution >= 4 is 29.0 Å². The Morgan fingerprint density at radius 1 is 1.47 bits per heavy atom. The first-order valence-corrected chi connectivity index (χ1v) is 8.47. The van der Waals surface area contributed by atoms with Crippen LogP contribution in [0, 0.1) is 5.92 Å². The molecule has 0 saturated carbocycles. The van der Waals surface area contributed by atoms with E-state index in [0.717, 1.165) is 6.54 Å². The Balaban J connectivity index is 1.47. The molecule has 4 rings (SSSR count). The fourth-order valence-corrected chi connectivity index (χ4v) is 4.34. The third-order valence-electron chi connectivity index (χ3n) is 3.88. The number of fused-ring (bicyclic) bond motifs is 3. The van der Waals surface area contributed by atoms with Gasteiger partial charge in [-0.1, -0.05) is 17.8 Å². The van der Waals surface area contributed by atoms with Crippen LogP contribution in [0.15, 0.2) is 33.2 Å². The summed E-state index contributed by atoms with van der Waals surface area (Å²) >= 11 is 3.29. The molecule has 3 saturated heterocycles. The van der Waals surface area contributed by atoms with E-state index in [4.69, 9.17) is 0 Å². The van der Waals surface area contributed by atoms with E-state index in [9.17, 15) is 4.79 Å². The van der Waals surface area contributed by atoms with E-state index in [0.29, 0.717) is 12.0 Å². The van der Waals surface area contributed by atoms with Gasteiger partial charge in [-0.2, -0.15) is 0 Å². The number of carbonyl (C=O) groups is 1. The molecule has 3 fully saturated rings. The molecule has 0 aromatic carbocycles. The predicted octanol–water partition coefficient (Wildman–Crippen LogP) is 2.56. The molecule has 5 heteroatoms. The van der Waals surface area contributed by atoms with E-state index >= 15 is 0 Å². The molecule has 1 aromatic rings. The molecule has 3 aliphatic heterocycles. The molecule has 1 amide bonds. The molecule has 3 aliphatic rings. The fourth-order valence-electron chi connectivity index (χ4n) is 2.85. The topological polar surface area (TPSA) is 32.3 Å². The van der Waals surface area contributed by atoms with Gasteiger partial charge in [-0.25, -0.2) is 0 Å². The molecule has 1 aromatic heterocycles. The van der Waals surface area contributed by atoms with Crippen LogP contribution in [0.5, 0.6) is 0 Å². The molecule has 4 heterocycles. The molecule has 0 spiro atoms. The lowest BCUT2D eigenvalue weighted by atomic mass is 9.84. The molecule has 1 atom stereocenters. The van der Waals surface area contributed by atoms with Gasteiger partial charge in [0.2, 0.25) is 5.91 Å². The van der Waals surface area contributed by atoms with E-state index in [1.807, 2.05) is 16.9 Å². The Labute approximate surface area is 122 Å². The van der Waals surface area contributed by atoms with E-state index in [1.165, 1.54) is 30.1 Å². The van der Waals surface area contributed by atoms with Gasteiger partial charge in [0.25, 0.3) is 0 Å². The maximum atomic E-state index is 11.9. The van der Waals surface area contributed by atoms with Crippen molar-refractivity contribution in [2.75, 3.05) is 19.6 Å². The molecule has 19 heavy (non-hydrogen) atoms. The van der Waals surface area contributed by atoms with Crippen molar-refractivity contribution in [1.82, 2.24) is 10.2 Å². The van der Waals surface area contributed by atoms with Gasteiger partial charge in [-0.05, 0) is 48.7 Å². The summed E-state index contributed by atoms with van der Waals surface area (Å²) in [5.74, 6) is 0.732. The van der Waals surface area contributed by atoms with Gasteiger partial charge in [-0.3, -0.25) is 4.79 Å². The zero-order valence-corrected chi connectivity index (χ0v) is 12.4. The zero-order chi connectivity index (χ0) is 13.1. The van der Waals surface area contributed by atoms with Gasteiger partial charge in [0, 0.05) is 18.7 Å². The van der Waals surface area contributed by atoms with E-state index in [2.05, 4.69) is 16.3 Å². The van der Waals surface area contributed by atoms with Gasteiger partial charge in [0.1, 0.15) is 0 Å². The molecule has 2 bridgehead atoms. The number of hydrogen-bond acceptors (Lipinski definition) is 4. The fraction of sp³-hybridized carbons (Fsp3) is 0.500. The summed E-state index contributed by atoms with van der Waals surface area (Å²) in [6.07, 6.45) is 4.12. The Morgan fingerprint density at radius 3 is 2.95 bits per heavy atom. The lowest BCUT2D eigenvalue weighted by molar-refractivity contribution is -0.118.